The molecule has 0 fully saturated rings. The molecule has 3 aromatic rings. The van der Waals surface area contributed by atoms with E-state index in [9.17, 15) is 9.59 Å². The fraction of sp³-hybridized carbons (Fsp3) is 0.185. The summed E-state index contributed by atoms with van der Waals surface area (Å²) in [5, 5.41) is 2.76. The van der Waals surface area contributed by atoms with Crippen molar-refractivity contribution in [3.63, 3.8) is 0 Å². The minimum atomic E-state index is -0.395. The molecule has 1 amide bonds. The molecule has 33 heavy (non-hydrogen) atoms. The average Bonchev–Trinajstić information content (AvgIpc) is 2.82. The van der Waals surface area contributed by atoms with Gasteiger partial charge in [0.15, 0.2) is 11.5 Å². The number of carbonyl (C=O) groups excluding carboxylic acids is 2. The minimum Gasteiger partial charge on any atom is -0.493 e. The molecule has 0 saturated carbocycles. The van der Waals surface area contributed by atoms with Crippen LogP contribution in [0.15, 0.2) is 78.9 Å². The van der Waals surface area contributed by atoms with Gasteiger partial charge in [0, 0.05) is 11.8 Å². The average molecular weight is 446 g/mol. The van der Waals surface area contributed by atoms with Crippen molar-refractivity contribution < 1.29 is 23.8 Å². The maximum atomic E-state index is 12.3. The van der Waals surface area contributed by atoms with Crippen molar-refractivity contribution in [2.45, 2.75) is 26.6 Å². The number of hydrogen-bond acceptors (Lipinski definition) is 5. The number of carbonyl (C=O) groups is 2. The van der Waals surface area contributed by atoms with Crippen LogP contribution in [0.2, 0.25) is 0 Å². The van der Waals surface area contributed by atoms with Gasteiger partial charge < -0.3 is 19.5 Å². The Bertz CT molecular complexity index is 1110. The van der Waals surface area contributed by atoms with Crippen molar-refractivity contribution in [1.29, 1.82) is 0 Å². The number of anilines is 1. The molecule has 0 aliphatic carbocycles. The number of hydrogen-bond donors (Lipinski definition) is 1. The van der Waals surface area contributed by atoms with Crippen LogP contribution in [0.25, 0.3) is 6.08 Å². The van der Waals surface area contributed by atoms with Gasteiger partial charge in [0.05, 0.1) is 18.8 Å². The lowest BCUT2D eigenvalue weighted by atomic mass is 10.1. The van der Waals surface area contributed by atoms with Gasteiger partial charge in [-0.2, -0.15) is 0 Å². The molecule has 0 heterocycles. The van der Waals surface area contributed by atoms with Gasteiger partial charge in [0.1, 0.15) is 6.61 Å². The van der Waals surface area contributed by atoms with Crippen molar-refractivity contribution in [3.05, 3.63) is 95.6 Å². The molecular formula is C27H27NO5. The number of rotatable bonds is 9. The van der Waals surface area contributed by atoms with Gasteiger partial charge in [-0.15, -0.1) is 0 Å². The molecule has 0 aliphatic heterocycles. The van der Waals surface area contributed by atoms with Crippen molar-refractivity contribution >= 4 is 23.6 Å². The first-order valence-corrected chi connectivity index (χ1v) is 10.6. The molecule has 0 spiro atoms. The first kappa shape index (κ1) is 23.6. The zero-order valence-electron chi connectivity index (χ0n) is 18.9. The third kappa shape index (κ3) is 7.25. The molecule has 0 unspecified atom stereocenters. The van der Waals surface area contributed by atoms with Crippen molar-refractivity contribution in [1.82, 2.24) is 0 Å². The number of amides is 1. The summed E-state index contributed by atoms with van der Waals surface area (Å²) in [6.45, 7) is 4.02. The Morgan fingerprint density at radius 2 is 1.67 bits per heavy atom. The van der Waals surface area contributed by atoms with E-state index >= 15 is 0 Å². The molecule has 170 valence electrons. The van der Waals surface area contributed by atoms with E-state index < -0.39 is 5.97 Å². The van der Waals surface area contributed by atoms with Gasteiger partial charge in [0.25, 0.3) is 0 Å². The monoisotopic (exact) mass is 445 g/mol. The van der Waals surface area contributed by atoms with E-state index in [1.165, 1.54) is 6.08 Å². The van der Waals surface area contributed by atoms with Crippen LogP contribution in [0.3, 0.4) is 0 Å². The van der Waals surface area contributed by atoms with Gasteiger partial charge in [-0.25, -0.2) is 4.79 Å². The van der Waals surface area contributed by atoms with Gasteiger partial charge in [-0.3, -0.25) is 4.79 Å². The van der Waals surface area contributed by atoms with Crippen molar-refractivity contribution in [2.24, 2.45) is 0 Å². The van der Waals surface area contributed by atoms with Crippen molar-refractivity contribution in [3.8, 4) is 11.5 Å². The van der Waals surface area contributed by atoms with Crippen LogP contribution in [0.5, 0.6) is 11.5 Å². The Hall–Kier alpha value is -4.06. The smallest absolute Gasteiger partial charge is 0.338 e. The van der Waals surface area contributed by atoms with E-state index in [1.807, 2.05) is 42.5 Å². The van der Waals surface area contributed by atoms with E-state index in [1.54, 1.807) is 57.4 Å². The number of nitrogens with one attached hydrogen (secondary N) is 1. The SMILES string of the molecule is COc1cc(C=CC(=O)Nc2ccc(C(=O)OC(C)C)cc2)ccc1OCc1ccccc1. The number of ether oxygens (including phenoxy) is 3. The number of methoxy groups -OCH3 is 1. The van der Waals surface area contributed by atoms with E-state index in [0.29, 0.717) is 29.4 Å². The zero-order valence-corrected chi connectivity index (χ0v) is 18.9. The summed E-state index contributed by atoms with van der Waals surface area (Å²) in [6.07, 6.45) is 2.93. The molecule has 6 heteroatoms. The molecule has 0 aromatic heterocycles. The van der Waals surface area contributed by atoms with E-state index in [2.05, 4.69) is 5.32 Å². The van der Waals surface area contributed by atoms with Gasteiger partial charge in [0.2, 0.25) is 5.91 Å². The normalized spacial score (nSPS) is 10.8. The first-order chi connectivity index (χ1) is 15.9. The highest BCUT2D eigenvalue weighted by molar-refractivity contribution is 6.02. The van der Waals surface area contributed by atoms with E-state index in [-0.39, 0.29) is 12.0 Å². The second-order valence-corrected chi connectivity index (χ2v) is 7.54. The second-order valence-electron chi connectivity index (χ2n) is 7.54. The van der Waals surface area contributed by atoms with Crippen LogP contribution in [0.1, 0.15) is 35.3 Å². The summed E-state index contributed by atoms with van der Waals surface area (Å²) >= 11 is 0. The minimum absolute atomic E-state index is 0.190. The van der Waals surface area contributed by atoms with Crippen LogP contribution in [0, 0.1) is 0 Å². The number of esters is 1. The fourth-order valence-electron chi connectivity index (χ4n) is 2.97. The van der Waals surface area contributed by atoms with Crippen LogP contribution in [0.4, 0.5) is 5.69 Å². The van der Waals surface area contributed by atoms with E-state index in [4.69, 9.17) is 14.2 Å². The van der Waals surface area contributed by atoms with Crippen LogP contribution < -0.4 is 14.8 Å². The molecule has 1 N–H and O–H groups in total. The molecule has 3 aromatic carbocycles. The van der Waals surface area contributed by atoms with Gasteiger partial charge >= 0.3 is 5.97 Å². The predicted octanol–water partition coefficient (Wildman–Crippen LogP) is 5.49. The molecule has 0 bridgehead atoms. The molecule has 0 atom stereocenters. The molecule has 0 saturated heterocycles. The molecule has 3 rings (SSSR count). The molecule has 6 nitrogen and oxygen atoms in total. The summed E-state index contributed by atoms with van der Waals surface area (Å²) in [5.41, 5.74) is 2.86. The highest BCUT2D eigenvalue weighted by atomic mass is 16.5. The largest absolute Gasteiger partial charge is 0.493 e. The molecule has 0 aliphatic rings. The maximum absolute atomic E-state index is 12.3. The Morgan fingerprint density at radius 3 is 2.33 bits per heavy atom. The first-order valence-electron chi connectivity index (χ1n) is 10.6. The van der Waals surface area contributed by atoms with Gasteiger partial charge in [-0.05, 0) is 67.4 Å². The standard InChI is InChI=1S/C27H27NO5/c1-19(2)33-27(30)22-11-13-23(14-12-22)28-26(29)16-10-20-9-15-24(25(17-20)31-3)32-18-21-7-5-4-6-8-21/h4-17,19H,18H2,1-3H3,(H,28,29). The van der Waals surface area contributed by atoms with Crippen LogP contribution in [-0.2, 0) is 16.1 Å². The predicted molar refractivity (Wildman–Crippen MR) is 128 cm³/mol. The topological polar surface area (TPSA) is 73.9 Å². The Balaban J connectivity index is 1.58. The highest BCUT2D eigenvalue weighted by Crippen LogP contribution is 2.29. The second kappa shape index (κ2) is 11.5. The van der Waals surface area contributed by atoms with E-state index in [0.717, 1.165) is 11.1 Å². The van der Waals surface area contributed by atoms with Crippen LogP contribution in [-0.4, -0.2) is 25.1 Å². The highest BCUT2D eigenvalue weighted by Gasteiger charge is 2.09. The summed E-state index contributed by atoms with van der Waals surface area (Å²) in [7, 11) is 1.57. The zero-order chi connectivity index (χ0) is 23.6. The molecule has 0 radical (unpaired) electrons. The lowest BCUT2D eigenvalue weighted by Gasteiger charge is -2.11. The summed E-state index contributed by atoms with van der Waals surface area (Å²) in [5.74, 6) is 0.514. The lowest BCUT2D eigenvalue weighted by molar-refractivity contribution is -0.111. The number of benzene rings is 3. The summed E-state index contributed by atoms with van der Waals surface area (Å²) < 4.78 is 16.4. The Labute approximate surface area is 193 Å². The lowest BCUT2D eigenvalue weighted by Crippen LogP contribution is -2.12. The third-order valence-electron chi connectivity index (χ3n) is 4.58. The van der Waals surface area contributed by atoms with Gasteiger partial charge in [-0.1, -0.05) is 36.4 Å². The quantitative estimate of drug-likeness (QED) is 0.348. The Kier molecular flexibility index (Phi) is 8.24. The summed E-state index contributed by atoms with van der Waals surface area (Å²) in [6, 6.07) is 21.9. The molecular weight excluding hydrogens is 418 g/mol. The fourth-order valence-corrected chi connectivity index (χ4v) is 2.97. The van der Waals surface area contributed by atoms with Crippen molar-refractivity contribution in [2.75, 3.05) is 12.4 Å². The van der Waals surface area contributed by atoms with Crippen LogP contribution >= 0.6 is 0 Å². The third-order valence-corrected chi connectivity index (χ3v) is 4.58. The summed E-state index contributed by atoms with van der Waals surface area (Å²) in [4.78, 5) is 24.2. The Morgan fingerprint density at radius 1 is 0.939 bits per heavy atom. The maximum Gasteiger partial charge on any atom is 0.338 e.